The van der Waals surface area contributed by atoms with Crippen LogP contribution in [0.1, 0.15) is 10.4 Å². The van der Waals surface area contributed by atoms with E-state index in [-0.39, 0.29) is 22.9 Å². The highest BCUT2D eigenvalue weighted by Crippen LogP contribution is 2.21. The van der Waals surface area contributed by atoms with Crippen LogP contribution >= 0.6 is 23.4 Å². The number of fused-ring (bicyclic) bond motifs is 1. The summed E-state index contributed by atoms with van der Waals surface area (Å²) in [4.78, 5) is 25.0. The predicted octanol–water partition coefficient (Wildman–Crippen LogP) is 3.79. The quantitative estimate of drug-likeness (QED) is 0.354. The Balaban J connectivity index is 1.62. The van der Waals surface area contributed by atoms with Gasteiger partial charge in [0.25, 0.3) is 0 Å². The van der Waals surface area contributed by atoms with Gasteiger partial charge < -0.3 is 0 Å². The summed E-state index contributed by atoms with van der Waals surface area (Å²) >= 11 is 7.14. The number of carbonyl (C=O) groups excluding carboxylic acids is 1. The molecule has 0 saturated heterocycles. The van der Waals surface area contributed by atoms with Gasteiger partial charge in [-0.25, -0.2) is 8.78 Å². The lowest BCUT2D eigenvalue weighted by molar-refractivity contribution is 0.102. The molecule has 6 nitrogen and oxygen atoms in total. The molecule has 0 aliphatic heterocycles. The molecule has 10 heteroatoms. The Morgan fingerprint density at radius 2 is 1.86 bits per heavy atom. The maximum Gasteiger partial charge on any atom is 0.300 e. The molecule has 0 aliphatic rings. The zero-order chi connectivity index (χ0) is 20.5. The maximum atomic E-state index is 13.5. The molecule has 0 atom stereocenters. The summed E-state index contributed by atoms with van der Waals surface area (Å²) in [5, 5.41) is 8.52. The fraction of sp³-hybridized carbons (Fsp3) is 0.0526. The summed E-state index contributed by atoms with van der Waals surface area (Å²) < 4.78 is 29.2. The van der Waals surface area contributed by atoms with E-state index in [9.17, 15) is 18.4 Å². The molecule has 0 spiro atoms. The van der Waals surface area contributed by atoms with E-state index in [0.29, 0.717) is 15.7 Å². The smallest absolute Gasteiger partial charge is 0.293 e. The van der Waals surface area contributed by atoms with Crippen LogP contribution in [-0.2, 0) is 0 Å². The highest BCUT2D eigenvalue weighted by atomic mass is 35.5. The molecule has 0 N–H and O–H groups in total. The van der Waals surface area contributed by atoms with E-state index in [1.54, 1.807) is 24.3 Å². The molecule has 0 amide bonds. The first-order valence-electron chi connectivity index (χ1n) is 8.28. The molecule has 4 aromatic rings. The topological polar surface area (TPSA) is 69.3 Å². The Morgan fingerprint density at radius 1 is 1.07 bits per heavy atom. The van der Waals surface area contributed by atoms with Crippen molar-refractivity contribution in [3.63, 3.8) is 0 Å². The average Bonchev–Trinajstić information content (AvgIpc) is 3.13. The second-order valence-corrected chi connectivity index (χ2v) is 7.29. The lowest BCUT2D eigenvalue weighted by Crippen LogP contribution is -2.20. The van der Waals surface area contributed by atoms with E-state index in [1.807, 2.05) is 0 Å². The number of nitrogens with zero attached hydrogens (tertiary/aromatic N) is 4. The van der Waals surface area contributed by atoms with E-state index in [4.69, 9.17) is 11.6 Å². The lowest BCUT2D eigenvalue weighted by Gasteiger charge is -2.07. The molecule has 0 saturated carbocycles. The van der Waals surface area contributed by atoms with Gasteiger partial charge in [0.05, 0.1) is 16.5 Å². The zero-order valence-corrected chi connectivity index (χ0v) is 16.1. The highest BCUT2D eigenvalue weighted by Gasteiger charge is 2.16. The zero-order valence-electron chi connectivity index (χ0n) is 14.6. The second kappa shape index (κ2) is 7.76. The minimum absolute atomic E-state index is 0.00933. The van der Waals surface area contributed by atoms with Gasteiger partial charge in [-0.3, -0.25) is 18.6 Å². The van der Waals surface area contributed by atoms with E-state index in [2.05, 4.69) is 10.2 Å². The third-order valence-corrected chi connectivity index (χ3v) is 5.40. The van der Waals surface area contributed by atoms with Gasteiger partial charge in [-0.2, -0.15) is 0 Å². The largest absolute Gasteiger partial charge is 0.300 e. The first-order chi connectivity index (χ1) is 14.0. The fourth-order valence-corrected chi connectivity index (χ4v) is 3.74. The monoisotopic (exact) mass is 432 g/mol. The molecular weight excluding hydrogens is 422 g/mol. The molecule has 0 radical (unpaired) electrons. The number of Topliss-reactive ketones (excluding diaryl/α,β-unsaturated/α-hetero) is 1. The maximum absolute atomic E-state index is 13.5. The number of halogens is 3. The van der Waals surface area contributed by atoms with E-state index >= 15 is 0 Å². The Kier molecular flexibility index (Phi) is 5.16. The number of hydrogen-bond acceptors (Lipinski definition) is 5. The van der Waals surface area contributed by atoms with Crippen molar-refractivity contribution >= 4 is 34.8 Å². The Hall–Kier alpha value is -3.04. The summed E-state index contributed by atoms with van der Waals surface area (Å²) in [6, 6.07) is 9.85. The molecule has 4 rings (SSSR count). The van der Waals surface area contributed by atoms with Crippen molar-refractivity contribution in [3.8, 4) is 5.69 Å². The molecule has 2 aromatic heterocycles. The normalized spacial score (nSPS) is 11.1. The van der Waals surface area contributed by atoms with Gasteiger partial charge in [-0.1, -0.05) is 35.5 Å². The van der Waals surface area contributed by atoms with E-state index in [0.717, 1.165) is 28.5 Å². The number of thioether (sulfide) groups is 1. The van der Waals surface area contributed by atoms with Crippen molar-refractivity contribution < 1.29 is 13.6 Å². The van der Waals surface area contributed by atoms with Crippen LogP contribution in [0, 0.1) is 11.6 Å². The molecule has 146 valence electrons. The van der Waals surface area contributed by atoms with Crippen molar-refractivity contribution in [2.24, 2.45) is 0 Å². The summed E-state index contributed by atoms with van der Waals surface area (Å²) in [5.74, 6) is -2.21. The standard InChI is InChI=1S/C19H11ClF2N4O2S/c20-13-4-2-1-3-12(13)16(27)10-29-19-24-23-17-18(28)25(7-8-26(17)19)11-5-6-14(21)15(22)9-11/h1-9H,10H2. The predicted molar refractivity (Wildman–Crippen MR) is 105 cm³/mol. The van der Waals surface area contributed by atoms with Gasteiger partial charge in [-0.15, -0.1) is 10.2 Å². The molecule has 29 heavy (non-hydrogen) atoms. The summed E-state index contributed by atoms with van der Waals surface area (Å²) in [6.45, 7) is 0. The van der Waals surface area contributed by atoms with Crippen molar-refractivity contribution in [1.29, 1.82) is 0 Å². The molecule has 0 bridgehead atoms. The molecular formula is C19H11ClF2N4O2S. The average molecular weight is 433 g/mol. The third kappa shape index (κ3) is 3.66. The summed E-state index contributed by atoms with van der Waals surface area (Å²) in [6.07, 6.45) is 2.91. The van der Waals surface area contributed by atoms with Crippen LogP contribution in [0.4, 0.5) is 8.78 Å². The van der Waals surface area contributed by atoms with Gasteiger partial charge in [0.2, 0.25) is 5.65 Å². The van der Waals surface area contributed by atoms with Crippen molar-refractivity contribution in [3.05, 3.63) is 87.4 Å². The Bertz CT molecular complexity index is 1310. The van der Waals surface area contributed by atoms with Crippen molar-refractivity contribution in [1.82, 2.24) is 19.2 Å². The first kappa shape index (κ1) is 19.3. The van der Waals surface area contributed by atoms with Crippen molar-refractivity contribution in [2.45, 2.75) is 5.16 Å². The lowest BCUT2D eigenvalue weighted by atomic mass is 10.1. The van der Waals surface area contributed by atoms with Gasteiger partial charge in [-0.05, 0) is 24.3 Å². The molecule has 2 aromatic carbocycles. The number of aromatic nitrogens is 4. The SMILES string of the molecule is O=C(CSc1nnc2c(=O)n(-c3ccc(F)c(F)c3)ccn12)c1ccccc1Cl. The minimum Gasteiger partial charge on any atom is -0.293 e. The second-order valence-electron chi connectivity index (χ2n) is 5.94. The van der Waals surface area contributed by atoms with Crippen LogP contribution in [0.3, 0.4) is 0 Å². The van der Waals surface area contributed by atoms with E-state index < -0.39 is 17.2 Å². The van der Waals surface area contributed by atoms with Gasteiger partial charge in [0, 0.05) is 24.0 Å². The number of hydrogen-bond donors (Lipinski definition) is 0. The summed E-state index contributed by atoms with van der Waals surface area (Å²) in [5.41, 5.74) is -0.0149. The van der Waals surface area contributed by atoms with Crippen LogP contribution in [0.5, 0.6) is 0 Å². The third-order valence-electron chi connectivity index (χ3n) is 4.13. The number of benzene rings is 2. The fourth-order valence-electron chi connectivity index (χ4n) is 2.70. The van der Waals surface area contributed by atoms with Gasteiger partial charge in [0.1, 0.15) is 0 Å². The molecule has 0 unspecified atom stereocenters. The van der Waals surface area contributed by atoms with Crippen LogP contribution < -0.4 is 5.56 Å². The first-order valence-corrected chi connectivity index (χ1v) is 9.64. The Morgan fingerprint density at radius 3 is 2.62 bits per heavy atom. The molecule has 2 heterocycles. The Labute approximate surface area is 171 Å². The number of carbonyl (C=O) groups is 1. The highest BCUT2D eigenvalue weighted by molar-refractivity contribution is 7.99. The number of rotatable bonds is 5. The summed E-state index contributed by atoms with van der Waals surface area (Å²) in [7, 11) is 0. The number of ketones is 1. The van der Waals surface area contributed by atoms with Crippen molar-refractivity contribution in [2.75, 3.05) is 5.75 Å². The molecule has 0 fully saturated rings. The van der Waals surface area contributed by atoms with Gasteiger partial charge >= 0.3 is 5.56 Å². The van der Waals surface area contributed by atoms with Crippen LogP contribution in [0.15, 0.2) is 64.8 Å². The van der Waals surface area contributed by atoms with E-state index in [1.165, 1.54) is 22.9 Å². The molecule has 0 aliphatic carbocycles. The van der Waals surface area contributed by atoms with Crippen LogP contribution in [-0.4, -0.2) is 30.7 Å². The minimum atomic E-state index is -1.06. The van der Waals surface area contributed by atoms with Gasteiger partial charge in [0.15, 0.2) is 22.6 Å². The van der Waals surface area contributed by atoms with Crippen LogP contribution in [0.2, 0.25) is 5.02 Å². The van der Waals surface area contributed by atoms with Crippen LogP contribution in [0.25, 0.3) is 11.3 Å².